The maximum absolute atomic E-state index is 11.7. The molecule has 0 amide bonds. The highest BCUT2D eigenvalue weighted by Crippen LogP contribution is 2.38. The van der Waals surface area contributed by atoms with Crippen LogP contribution < -0.4 is 0 Å². The van der Waals surface area contributed by atoms with Crippen molar-refractivity contribution in [1.82, 2.24) is 0 Å². The first-order valence-corrected chi connectivity index (χ1v) is 14.4. The average Bonchev–Trinajstić information content (AvgIpc) is 2.39. The summed E-state index contributed by atoms with van der Waals surface area (Å²) in [4.78, 5) is 11.7. The molecule has 0 saturated heterocycles. The van der Waals surface area contributed by atoms with E-state index in [4.69, 9.17) is 13.6 Å². The Balaban J connectivity index is 5.11. The molecule has 0 aliphatic carbocycles. The molecule has 0 saturated carbocycles. The second-order valence-electron chi connectivity index (χ2n) is 9.42. The molecule has 0 unspecified atom stereocenters. The van der Waals surface area contributed by atoms with Crippen molar-refractivity contribution in [3.8, 4) is 0 Å². The third kappa shape index (κ3) is 7.21. The van der Waals surface area contributed by atoms with Gasteiger partial charge in [-0.3, -0.25) is 0 Å². The Morgan fingerprint density at radius 1 is 0.833 bits per heavy atom. The van der Waals surface area contributed by atoms with Gasteiger partial charge in [0.1, 0.15) is 0 Å². The number of methoxy groups -OCH3 is 1. The van der Waals surface area contributed by atoms with Gasteiger partial charge in [-0.15, -0.1) is 0 Å². The Bertz CT molecular complexity index is 423. The number of rotatable bonds is 7. The normalized spacial score (nSPS) is 13.6. The summed E-state index contributed by atoms with van der Waals surface area (Å²) >= 11 is 0. The standard InChI is InChI=1S/C18H38O4Si2/c1-17(2,3)23(8,9)21-13-15(12-16(19)20-7)14-22-24(10,11)18(4,5)6/h12H,13-14H2,1-11H3. The van der Waals surface area contributed by atoms with Crippen LogP contribution in [-0.2, 0) is 18.4 Å². The highest BCUT2D eigenvalue weighted by molar-refractivity contribution is 6.74. The van der Waals surface area contributed by atoms with Crippen molar-refractivity contribution in [3.05, 3.63) is 11.6 Å². The van der Waals surface area contributed by atoms with Gasteiger partial charge in [0.05, 0.1) is 20.3 Å². The van der Waals surface area contributed by atoms with Crippen LogP contribution >= 0.6 is 0 Å². The Labute approximate surface area is 151 Å². The summed E-state index contributed by atoms with van der Waals surface area (Å²) in [6.45, 7) is 22.9. The highest BCUT2D eigenvalue weighted by atomic mass is 28.4. The third-order valence-corrected chi connectivity index (χ3v) is 14.3. The topological polar surface area (TPSA) is 44.8 Å². The quantitative estimate of drug-likeness (QED) is 0.352. The Morgan fingerprint density at radius 2 is 1.17 bits per heavy atom. The van der Waals surface area contributed by atoms with Crippen molar-refractivity contribution < 1.29 is 18.4 Å². The molecule has 24 heavy (non-hydrogen) atoms. The molecule has 0 aromatic rings. The summed E-state index contributed by atoms with van der Waals surface area (Å²) in [5.41, 5.74) is 0.844. The molecule has 0 aliphatic rings. The number of hydrogen-bond donors (Lipinski definition) is 0. The van der Waals surface area contributed by atoms with Crippen molar-refractivity contribution in [2.45, 2.75) is 77.8 Å². The lowest BCUT2D eigenvalue weighted by atomic mass is 10.2. The molecule has 0 bridgehead atoms. The minimum absolute atomic E-state index is 0.129. The largest absolute Gasteiger partial charge is 0.466 e. The van der Waals surface area contributed by atoms with E-state index >= 15 is 0 Å². The van der Waals surface area contributed by atoms with Crippen molar-refractivity contribution in [2.24, 2.45) is 0 Å². The molecule has 0 fully saturated rings. The van der Waals surface area contributed by atoms with E-state index in [1.54, 1.807) is 0 Å². The summed E-state index contributed by atoms with van der Waals surface area (Å²) in [5.74, 6) is -0.359. The van der Waals surface area contributed by atoms with Gasteiger partial charge in [-0.1, -0.05) is 41.5 Å². The van der Waals surface area contributed by atoms with E-state index in [2.05, 4.69) is 67.7 Å². The molecule has 0 aliphatic heterocycles. The van der Waals surface area contributed by atoms with Crippen LogP contribution in [0, 0.1) is 0 Å². The van der Waals surface area contributed by atoms with Gasteiger partial charge in [0.2, 0.25) is 0 Å². The monoisotopic (exact) mass is 374 g/mol. The fourth-order valence-electron chi connectivity index (χ4n) is 1.33. The fourth-order valence-corrected chi connectivity index (χ4v) is 3.29. The van der Waals surface area contributed by atoms with Crippen LogP contribution in [0.15, 0.2) is 11.6 Å². The summed E-state index contributed by atoms with van der Waals surface area (Å²) < 4.78 is 17.3. The maximum atomic E-state index is 11.7. The molecular formula is C18H38O4Si2. The van der Waals surface area contributed by atoms with E-state index in [9.17, 15) is 4.79 Å². The van der Waals surface area contributed by atoms with Gasteiger partial charge in [-0.2, -0.15) is 0 Å². The summed E-state index contributed by atoms with van der Waals surface area (Å²) in [7, 11) is -2.37. The fraction of sp³-hybridized carbons (Fsp3) is 0.833. The SMILES string of the molecule is COC(=O)C=C(CO[Si](C)(C)C(C)(C)C)CO[Si](C)(C)C(C)(C)C. The first-order valence-electron chi connectivity index (χ1n) is 8.59. The lowest BCUT2D eigenvalue weighted by Crippen LogP contribution is -2.43. The molecule has 0 heterocycles. The van der Waals surface area contributed by atoms with Crippen LogP contribution in [0.4, 0.5) is 0 Å². The van der Waals surface area contributed by atoms with Crippen molar-refractivity contribution in [3.63, 3.8) is 0 Å². The van der Waals surface area contributed by atoms with Crippen molar-refractivity contribution in [2.75, 3.05) is 20.3 Å². The van der Waals surface area contributed by atoms with Gasteiger partial charge in [0.15, 0.2) is 16.6 Å². The molecule has 4 nitrogen and oxygen atoms in total. The zero-order valence-corrected chi connectivity index (χ0v) is 19.6. The van der Waals surface area contributed by atoms with Crippen LogP contribution in [0.25, 0.3) is 0 Å². The van der Waals surface area contributed by atoms with Gasteiger partial charge in [0.25, 0.3) is 0 Å². The van der Waals surface area contributed by atoms with Crippen LogP contribution in [-0.4, -0.2) is 42.9 Å². The van der Waals surface area contributed by atoms with Gasteiger partial charge >= 0.3 is 5.97 Å². The molecule has 0 radical (unpaired) electrons. The number of carbonyl (C=O) groups is 1. The molecule has 0 aromatic carbocycles. The molecule has 0 rings (SSSR count). The van der Waals surface area contributed by atoms with Gasteiger partial charge in [0, 0.05) is 6.08 Å². The predicted molar refractivity (Wildman–Crippen MR) is 106 cm³/mol. The number of carbonyl (C=O) groups excluding carboxylic acids is 1. The molecule has 142 valence electrons. The van der Waals surface area contributed by atoms with Crippen molar-refractivity contribution in [1.29, 1.82) is 0 Å². The summed E-state index contributed by atoms with van der Waals surface area (Å²) in [6, 6.07) is 0. The minimum atomic E-state index is -1.88. The van der Waals surface area contributed by atoms with E-state index in [0.29, 0.717) is 13.2 Å². The molecule has 0 N–H and O–H groups in total. The highest BCUT2D eigenvalue weighted by Gasteiger charge is 2.39. The average molecular weight is 375 g/mol. The van der Waals surface area contributed by atoms with Gasteiger partial charge in [-0.25, -0.2) is 4.79 Å². The van der Waals surface area contributed by atoms with Crippen molar-refractivity contribution >= 4 is 22.6 Å². The molecule has 6 heteroatoms. The number of hydrogen-bond acceptors (Lipinski definition) is 4. The van der Waals surface area contributed by atoms with Gasteiger partial charge in [-0.05, 0) is 41.8 Å². The first-order chi connectivity index (χ1) is 10.5. The summed E-state index contributed by atoms with van der Waals surface area (Å²) in [5, 5.41) is 0.257. The molecule has 0 spiro atoms. The summed E-state index contributed by atoms with van der Waals surface area (Å²) in [6.07, 6.45) is 1.51. The number of ether oxygens (including phenoxy) is 1. The molecular weight excluding hydrogens is 336 g/mol. The predicted octanol–water partition coefficient (Wildman–Crippen LogP) is 5.13. The van der Waals surface area contributed by atoms with Crippen LogP contribution in [0.2, 0.25) is 36.3 Å². The Morgan fingerprint density at radius 3 is 1.42 bits per heavy atom. The van der Waals surface area contributed by atoms with E-state index in [-0.39, 0.29) is 16.0 Å². The maximum Gasteiger partial charge on any atom is 0.330 e. The second kappa shape index (κ2) is 8.30. The number of esters is 1. The Kier molecular flexibility index (Phi) is 8.14. The zero-order chi connectivity index (χ0) is 19.4. The first kappa shape index (κ1) is 23.6. The minimum Gasteiger partial charge on any atom is -0.466 e. The van der Waals surface area contributed by atoms with E-state index < -0.39 is 16.6 Å². The van der Waals surface area contributed by atoms with Gasteiger partial charge < -0.3 is 13.6 Å². The Hall–Kier alpha value is -0.436. The van der Waals surface area contributed by atoms with E-state index in [1.807, 2.05) is 0 Å². The lowest BCUT2D eigenvalue weighted by Gasteiger charge is -2.38. The third-order valence-electron chi connectivity index (χ3n) is 5.37. The molecule has 0 aromatic heterocycles. The molecule has 0 atom stereocenters. The zero-order valence-electron chi connectivity index (χ0n) is 17.6. The van der Waals surface area contributed by atoms with Crippen LogP contribution in [0.1, 0.15) is 41.5 Å². The second-order valence-corrected chi connectivity index (χ2v) is 19.0. The van der Waals surface area contributed by atoms with Crippen LogP contribution in [0.3, 0.4) is 0 Å². The van der Waals surface area contributed by atoms with E-state index in [0.717, 1.165) is 5.57 Å². The lowest BCUT2D eigenvalue weighted by molar-refractivity contribution is -0.134. The smallest absolute Gasteiger partial charge is 0.330 e. The van der Waals surface area contributed by atoms with E-state index in [1.165, 1.54) is 13.2 Å². The van der Waals surface area contributed by atoms with Crippen LogP contribution in [0.5, 0.6) is 0 Å².